The third kappa shape index (κ3) is 1.74. The first kappa shape index (κ1) is 9.91. The van der Waals surface area contributed by atoms with Crippen LogP contribution in [0.4, 0.5) is 5.82 Å². The fourth-order valence-corrected chi connectivity index (χ4v) is 2.42. The lowest BCUT2D eigenvalue weighted by atomic mass is 10.2. The van der Waals surface area contributed by atoms with Crippen molar-refractivity contribution in [2.24, 2.45) is 0 Å². The first-order chi connectivity index (χ1) is 7.83. The predicted octanol–water partition coefficient (Wildman–Crippen LogP) is 3.05. The molecule has 0 aliphatic carbocycles. The van der Waals surface area contributed by atoms with Crippen LogP contribution in [0.1, 0.15) is 6.42 Å². The van der Waals surface area contributed by atoms with Crippen LogP contribution in [0.3, 0.4) is 0 Å². The summed E-state index contributed by atoms with van der Waals surface area (Å²) in [5.41, 5.74) is 1.05. The Morgan fingerprint density at radius 1 is 1.19 bits per heavy atom. The first-order valence-electron chi connectivity index (χ1n) is 5.58. The summed E-state index contributed by atoms with van der Waals surface area (Å²) in [7, 11) is 0. The van der Waals surface area contributed by atoms with Crippen LogP contribution in [-0.2, 0) is 0 Å². The lowest BCUT2D eigenvalue weighted by Gasteiger charge is -2.16. The molecule has 2 heterocycles. The van der Waals surface area contributed by atoms with Gasteiger partial charge in [-0.05, 0) is 24.6 Å². The highest BCUT2D eigenvalue weighted by Crippen LogP contribution is 2.23. The molecule has 1 aliphatic rings. The smallest absolute Gasteiger partial charge is 0.129 e. The van der Waals surface area contributed by atoms with Crippen LogP contribution in [-0.4, -0.2) is 23.5 Å². The van der Waals surface area contributed by atoms with Gasteiger partial charge >= 0.3 is 0 Å². The van der Waals surface area contributed by atoms with Gasteiger partial charge in [-0.15, -0.1) is 11.6 Å². The third-order valence-corrected chi connectivity index (χ3v) is 3.39. The second-order valence-electron chi connectivity index (χ2n) is 4.19. The Labute approximate surface area is 99.8 Å². The Hall–Kier alpha value is -1.28. The molecule has 2 aromatic rings. The molecule has 3 rings (SSSR count). The monoisotopic (exact) mass is 232 g/mol. The SMILES string of the molecule is ClC1CCN(c2ccc3ccccc3n2)C1. The summed E-state index contributed by atoms with van der Waals surface area (Å²) in [6, 6.07) is 12.4. The van der Waals surface area contributed by atoms with Gasteiger partial charge in [0.05, 0.1) is 10.9 Å². The lowest BCUT2D eigenvalue weighted by Crippen LogP contribution is -2.20. The Kier molecular flexibility index (Phi) is 2.44. The van der Waals surface area contributed by atoms with E-state index in [0.717, 1.165) is 30.8 Å². The van der Waals surface area contributed by atoms with E-state index in [0.29, 0.717) is 0 Å². The molecule has 82 valence electrons. The number of nitrogens with zero attached hydrogens (tertiary/aromatic N) is 2. The molecule has 0 N–H and O–H groups in total. The highest BCUT2D eigenvalue weighted by Gasteiger charge is 2.21. The fraction of sp³-hybridized carbons (Fsp3) is 0.308. The van der Waals surface area contributed by atoms with E-state index in [-0.39, 0.29) is 5.38 Å². The zero-order chi connectivity index (χ0) is 11.0. The van der Waals surface area contributed by atoms with Gasteiger partial charge in [0.1, 0.15) is 5.82 Å². The quantitative estimate of drug-likeness (QED) is 0.703. The van der Waals surface area contributed by atoms with Crippen LogP contribution in [0.15, 0.2) is 36.4 Å². The number of halogens is 1. The molecule has 0 saturated carbocycles. The summed E-state index contributed by atoms with van der Waals surface area (Å²) in [6.45, 7) is 1.92. The molecule has 1 aromatic carbocycles. The van der Waals surface area contributed by atoms with Crippen molar-refractivity contribution >= 4 is 28.3 Å². The van der Waals surface area contributed by atoms with Crippen LogP contribution in [0.5, 0.6) is 0 Å². The number of alkyl halides is 1. The molecule has 1 saturated heterocycles. The summed E-state index contributed by atoms with van der Waals surface area (Å²) in [4.78, 5) is 6.91. The average molecular weight is 233 g/mol. The maximum atomic E-state index is 6.11. The fourth-order valence-electron chi connectivity index (χ4n) is 2.16. The minimum Gasteiger partial charge on any atom is -0.355 e. The molecule has 1 fully saturated rings. The molecule has 1 atom stereocenters. The zero-order valence-corrected chi connectivity index (χ0v) is 9.69. The highest BCUT2D eigenvalue weighted by molar-refractivity contribution is 6.21. The summed E-state index contributed by atoms with van der Waals surface area (Å²) in [5.74, 6) is 1.04. The van der Waals surface area contributed by atoms with Gasteiger partial charge in [-0.25, -0.2) is 4.98 Å². The number of benzene rings is 1. The van der Waals surface area contributed by atoms with Gasteiger partial charge in [0.15, 0.2) is 0 Å². The van der Waals surface area contributed by atoms with Crippen LogP contribution in [0.2, 0.25) is 0 Å². The van der Waals surface area contributed by atoms with Gasteiger partial charge in [0, 0.05) is 18.5 Å². The standard InChI is InChI=1S/C13H13ClN2/c14-11-7-8-16(9-11)13-6-5-10-3-1-2-4-12(10)15-13/h1-6,11H,7-9H2. The molecule has 0 amide bonds. The van der Waals surface area contributed by atoms with E-state index in [4.69, 9.17) is 11.6 Å². The Bertz CT molecular complexity index is 512. The van der Waals surface area contributed by atoms with Crippen molar-refractivity contribution < 1.29 is 0 Å². The average Bonchev–Trinajstić information content (AvgIpc) is 2.75. The molecule has 0 radical (unpaired) electrons. The van der Waals surface area contributed by atoms with Crippen molar-refractivity contribution in [3.63, 3.8) is 0 Å². The van der Waals surface area contributed by atoms with Gasteiger partial charge in [0.2, 0.25) is 0 Å². The minimum absolute atomic E-state index is 0.272. The van der Waals surface area contributed by atoms with Crippen molar-refractivity contribution in [2.75, 3.05) is 18.0 Å². The second-order valence-corrected chi connectivity index (χ2v) is 4.81. The van der Waals surface area contributed by atoms with E-state index in [9.17, 15) is 0 Å². The van der Waals surface area contributed by atoms with E-state index in [1.165, 1.54) is 5.39 Å². The van der Waals surface area contributed by atoms with E-state index in [1.807, 2.05) is 18.2 Å². The molecule has 2 nitrogen and oxygen atoms in total. The Balaban J connectivity index is 1.99. The summed E-state index contributed by atoms with van der Waals surface area (Å²) >= 11 is 6.11. The van der Waals surface area contributed by atoms with Gasteiger partial charge in [-0.3, -0.25) is 0 Å². The van der Waals surface area contributed by atoms with E-state index >= 15 is 0 Å². The lowest BCUT2D eigenvalue weighted by molar-refractivity contribution is 0.944. The first-order valence-corrected chi connectivity index (χ1v) is 6.01. The van der Waals surface area contributed by atoms with Crippen molar-refractivity contribution in [3.8, 4) is 0 Å². The summed E-state index contributed by atoms with van der Waals surface area (Å²) in [6.07, 6.45) is 1.05. The van der Waals surface area contributed by atoms with Crippen LogP contribution in [0, 0.1) is 0 Å². The molecule has 1 aliphatic heterocycles. The Morgan fingerprint density at radius 2 is 2.06 bits per heavy atom. The number of rotatable bonds is 1. The third-order valence-electron chi connectivity index (χ3n) is 3.04. The van der Waals surface area contributed by atoms with E-state index in [1.54, 1.807) is 0 Å². The number of fused-ring (bicyclic) bond motifs is 1. The number of pyridine rings is 1. The molecule has 3 heteroatoms. The molecule has 1 unspecified atom stereocenters. The van der Waals surface area contributed by atoms with Crippen LogP contribution >= 0.6 is 11.6 Å². The maximum Gasteiger partial charge on any atom is 0.129 e. The van der Waals surface area contributed by atoms with Crippen LogP contribution in [0.25, 0.3) is 10.9 Å². The van der Waals surface area contributed by atoms with E-state index in [2.05, 4.69) is 28.1 Å². The van der Waals surface area contributed by atoms with Crippen molar-refractivity contribution in [1.82, 2.24) is 4.98 Å². The highest BCUT2D eigenvalue weighted by atomic mass is 35.5. The molecule has 1 aromatic heterocycles. The number of aromatic nitrogens is 1. The van der Waals surface area contributed by atoms with Crippen molar-refractivity contribution in [2.45, 2.75) is 11.8 Å². The van der Waals surface area contributed by atoms with Crippen molar-refractivity contribution in [1.29, 1.82) is 0 Å². The molecule has 0 spiro atoms. The largest absolute Gasteiger partial charge is 0.355 e. The van der Waals surface area contributed by atoms with Gasteiger partial charge in [-0.2, -0.15) is 0 Å². The molecular formula is C13H13ClN2. The number of hydrogen-bond acceptors (Lipinski definition) is 2. The number of hydrogen-bond donors (Lipinski definition) is 0. The zero-order valence-electron chi connectivity index (χ0n) is 8.94. The summed E-state index contributed by atoms with van der Waals surface area (Å²) in [5, 5.41) is 1.46. The summed E-state index contributed by atoms with van der Waals surface area (Å²) < 4.78 is 0. The topological polar surface area (TPSA) is 16.1 Å². The normalized spacial score (nSPS) is 20.6. The maximum absolute atomic E-state index is 6.11. The van der Waals surface area contributed by atoms with E-state index < -0.39 is 0 Å². The van der Waals surface area contributed by atoms with Gasteiger partial charge in [0.25, 0.3) is 0 Å². The van der Waals surface area contributed by atoms with Crippen LogP contribution < -0.4 is 4.90 Å². The molecule has 16 heavy (non-hydrogen) atoms. The Morgan fingerprint density at radius 3 is 2.88 bits per heavy atom. The van der Waals surface area contributed by atoms with Gasteiger partial charge in [-0.1, -0.05) is 18.2 Å². The number of anilines is 1. The molecular weight excluding hydrogens is 220 g/mol. The van der Waals surface area contributed by atoms with Gasteiger partial charge < -0.3 is 4.90 Å². The second kappa shape index (κ2) is 3.95. The number of para-hydroxylation sites is 1. The van der Waals surface area contributed by atoms with Crippen molar-refractivity contribution in [3.05, 3.63) is 36.4 Å². The molecule has 0 bridgehead atoms. The minimum atomic E-state index is 0.272. The predicted molar refractivity (Wildman–Crippen MR) is 68.2 cm³/mol.